The van der Waals surface area contributed by atoms with Gasteiger partial charge in [0, 0.05) is 24.7 Å². The molecule has 74 valence electrons. The molecule has 0 aromatic carbocycles. The highest BCUT2D eigenvalue weighted by atomic mass is 16.3. The molecular formula is C10H18N2O. The number of nitrogens with zero attached hydrogens (tertiary/aromatic N) is 1. The average molecular weight is 182 g/mol. The molecule has 0 radical (unpaired) electrons. The molecule has 1 atom stereocenters. The number of rotatable bonds is 5. The van der Waals surface area contributed by atoms with E-state index in [0.717, 1.165) is 13.1 Å². The Morgan fingerprint density at radius 2 is 2.38 bits per heavy atom. The Labute approximate surface area is 79.7 Å². The Kier molecular flexibility index (Phi) is 3.99. The lowest BCUT2D eigenvalue weighted by molar-refractivity contribution is 0.295. The molecule has 0 amide bonds. The van der Waals surface area contributed by atoms with E-state index in [9.17, 15) is 0 Å². The van der Waals surface area contributed by atoms with Gasteiger partial charge >= 0.3 is 0 Å². The van der Waals surface area contributed by atoms with Gasteiger partial charge in [0.25, 0.3) is 0 Å². The molecule has 3 heteroatoms. The van der Waals surface area contributed by atoms with Crippen molar-refractivity contribution in [2.24, 2.45) is 0 Å². The van der Waals surface area contributed by atoms with Crippen molar-refractivity contribution >= 4 is 0 Å². The van der Waals surface area contributed by atoms with Gasteiger partial charge in [-0.1, -0.05) is 0 Å². The molecule has 0 fully saturated rings. The number of likely N-dealkylation sites (N-methyl/N-ethyl adjacent to an activating group) is 2. The smallest absolute Gasteiger partial charge is 0.0947 e. The molecule has 1 aromatic heterocycles. The molecule has 0 saturated heterocycles. The van der Waals surface area contributed by atoms with Crippen molar-refractivity contribution in [1.29, 1.82) is 0 Å². The van der Waals surface area contributed by atoms with Crippen LogP contribution in [0, 0.1) is 0 Å². The van der Waals surface area contributed by atoms with Gasteiger partial charge in [0.2, 0.25) is 0 Å². The van der Waals surface area contributed by atoms with Gasteiger partial charge in [-0.15, -0.1) is 0 Å². The van der Waals surface area contributed by atoms with Gasteiger partial charge in [0.15, 0.2) is 0 Å². The molecule has 1 rings (SSSR count). The van der Waals surface area contributed by atoms with Crippen LogP contribution in [0.25, 0.3) is 0 Å². The van der Waals surface area contributed by atoms with Gasteiger partial charge in [-0.3, -0.25) is 0 Å². The Bertz CT molecular complexity index is 221. The van der Waals surface area contributed by atoms with Gasteiger partial charge in [-0.05, 0) is 27.1 Å². The molecule has 0 saturated carbocycles. The molecule has 0 spiro atoms. The Morgan fingerprint density at radius 1 is 1.62 bits per heavy atom. The molecule has 0 aliphatic carbocycles. The van der Waals surface area contributed by atoms with Crippen LogP contribution in [0.5, 0.6) is 0 Å². The molecular weight excluding hydrogens is 164 g/mol. The van der Waals surface area contributed by atoms with Gasteiger partial charge in [0.05, 0.1) is 12.5 Å². The maximum Gasteiger partial charge on any atom is 0.0947 e. The number of nitrogens with one attached hydrogen (secondary N) is 1. The maximum atomic E-state index is 5.00. The summed E-state index contributed by atoms with van der Waals surface area (Å²) >= 11 is 0. The molecule has 1 aromatic rings. The third kappa shape index (κ3) is 3.61. The van der Waals surface area contributed by atoms with Crippen LogP contribution in [-0.4, -0.2) is 31.6 Å². The summed E-state index contributed by atoms with van der Waals surface area (Å²) in [5, 5.41) is 3.21. The van der Waals surface area contributed by atoms with Crippen molar-refractivity contribution in [1.82, 2.24) is 10.2 Å². The molecule has 1 heterocycles. The predicted octanol–water partition coefficient (Wildman–Crippen LogP) is 1.32. The minimum atomic E-state index is 0.525. The largest absolute Gasteiger partial charge is 0.472 e. The Balaban J connectivity index is 2.29. The van der Waals surface area contributed by atoms with Crippen LogP contribution in [0.3, 0.4) is 0 Å². The highest BCUT2D eigenvalue weighted by molar-refractivity contribution is 5.04. The monoisotopic (exact) mass is 182 g/mol. The quantitative estimate of drug-likeness (QED) is 0.744. The van der Waals surface area contributed by atoms with Crippen LogP contribution in [0.2, 0.25) is 0 Å². The number of furan rings is 1. The first kappa shape index (κ1) is 10.3. The van der Waals surface area contributed by atoms with Crippen molar-refractivity contribution in [3.05, 3.63) is 24.2 Å². The van der Waals surface area contributed by atoms with Crippen LogP contribution in [0.4, 0.5) is 0 Å². The highest BCUT2D eigenvalue weighted by Crippen LogP contribution is 2.03. The summed E-state index contributed by atoms with van der Waals surface area (Å²) in [6.07, 6.45) is 3.51. The molecule has 1 N–H and O–H groups in total. The fraction of sp³-hybridized carbons (Fsp3) is 0.600. The normalized spacial score (nSPS) is 13.5. The zero-order valence-corrected chi connectivity index (χ0v) is 8.58. The summed E-state index contributed by atoms with van der Waals surface area (Å²) < 4.78 is 5.00. The van der Waals surface area contributed by atoms with E-state index in [4.69, 9.17) is 4.42 Å². The summed E-state index contributed by atoms with van der Waals surface area (Å²) in [5.41, 5.74) is 1.23. The van der Waals surface area contributed by atoms with E-state index >= 15 is 0 Å². The van der Waals surface area contributed by atoms with Crippen LogP contribution in [0.15, 0.2) is 23.0 Å². The highest BCUT2D eigenvalue weighted by Gasteiger charge is 2.04. The zero-order chi connectivity index (χ0) is 9.68. The fourth-order valence-electron chi connectivity index (χ4n) is 1.32. The van der Waals surface area contributed by atoms with Crippen molar-refractivity contribution < 1.29 is 4.42 Å². The second-order valence-electron chi connectivity index (χ2n) is 3.52. The first-order valence-corrected chi connectivity index (χ1v) is 4.59. The lowest BCUT2D eigenvalue weighted by Crippen LogP contribution is -2.34. The SMILES string of the molecule is CNC(C)CN(C)Cc1ccoc1. The van der Waals surface area contributed by atoms with Crippen molar-refractivity contribution in [2.75, 3.05) is 20.6 Å². The lowest BCUT2D eigenvalue weighted by atomic mass is 10.3. The minimum Gasteiger partial charge on any atom is -0.472 e. The minimum absolute atomic E-state index is 0.525. The van der Waals surface area contributed by atoms with E-state index < -0.39 is 0 Å². The van der Waals surface area contributed by atoms with Crippen molar-refractivity contribution in [2.45, 2.75) is 19.5 Å². The van der Waals surface area contributed by atoms with E-state index in [2.05, 4.69) is 24.2 Å². The Hall–Kier alpha value is -0.800. The van der Waals surface area contributed by atoms with Crippen LogP contribution in [0.1, 0.15) is 12.5 Å². The third-order valence-electron chi connectivity index (χ3n) is 2.11. The van der Waals surface area contributed by atoms with E-state index in [1.807, 2.05) is 13.1 Å². The predicted molar refractivity (Wildman–Crippen MR) is 53.6 cm³/mol. The van der Waals surface area contributed by atoms with Gasteiger partial charge in [-0.25, -0.2) is 0 Å². The lowest BCUT2D eigenvalue weighted by Gasteiger charge is -2.19. The first-order valence-electron chi connectivity index (χ1n) is 4.59. The van der Waals surface area contributed by atoms with Crippen LogP contribution in [-0.2, 0) is 6.54 Å². The van der Waals surface area contributed by atoms with Crippen molar-refractivity contribution in [3.8, 4) is 0 Å². The zero-order valence-electron chi connectivity index (χ0n) is 8.58. The number of hydrogen-bond acceptors (Lipinski definition) is 3. The summed E-state index contributed by atoms with van der Waals surface area (Å²) in [6.45, 7) is 4.16. The molecule has 0 bridgehead atoms. The summed E-state index contributed by atoms with van der Waals surface area (Å²) in [4.78, 5) is 2.27. The molecule has 0 aliphatic rings. The van der Waals surface area contributed by atoms with Gasteiger partial charge in [-0.2, -0.15) is 0 Å². The average Bonchev–Trinajstić information content (AvgIpc) is 2.56. The summed E-state index contributed by atoms with van der Waals surface area (Å²) in [6, 6.07) is 2.53. The molecule has 0 aliphatic heterocycles. The topological polar surface area (TPSA) is 28.4 Å². The summed E-state index contributed by atoms with van der Waals surface area (Å²) in [5.74, 6) is 0. The van der Waals surface area contributed by atoms with Crippen molar-refractivity contribution in [3.63, 3.8) is 0 Å². The maximum absolute atomic E-state index is 5.00. The van der Waals surface area contributed by atoms with E-state index in [0.29, 0.717) is 6.04 Å². The standard InChI is InChI=1S/C10H18N2O/c1-9(11-2)6-12(3)7-10-4-5-13-8-10/h4-5,8-9,11H,6-7H2,1-3H3. The number of hydrogen-bond donors (Lipinski definition) is 1. The fourth-order valence-corrected chi connectivity index (χ4v) is 1.32. The molecule has 3 nitrogen and oxygen atoms in total. The van der Waals surface area contributed by atoms with Gasteiger partial charge in [0.1, 0.15) is 0 Å². The second kappa shape index (κ2) is 5.04. The van der Waals surface area contributed by atoms with E-state index in [1.54, 1.807) is 12.5 Å². The first-order chi connectivity index (χ1) is 6.22. The van der Waals surface area contributed by atoms with E-state index in [1.165, 1.54) is 5.56 Å². The molecule has 13 heavy (non-hydrogen) atoms. The molecule has 1 unspecified atom stereocenters. The summed E-state index contributed by atoms with van der Waals surface area (Å²) in [7, 11) is 4.09. The van der Waals surface area contributed by atoms with E-state index in [-0.39, 0.29) is 0 Å². The second-order valence-corrected chi connectivity index (χ2v) is 3.52. The third-order valence-corrected chi connectivity index (χ3v) is 2.11. The van der Waals surface area contributed by atoms with Crippen LogP contribution < -0.4 is 5.32 Å². The van der Waals surface area contributed by atoms with Crippen LogP contribution >= 0.6 is 0 Å². The Morgan fingerprint density at radius 3 is 2.92 bits per heavy atom. The van der Waals surface area contributed by atoms with Gasteiger partial charge < -0.3 is 14.6 Å².